The van der Waals surface area contributed by atoms with Gasteiger partial charge in [-0.1, -0.05) is 61.4 Å². The molecule has 0 unspecified atom stereocenters. The van der Waals surface area contributed by atoms with Gasteiger partial charge in [0, 0.05) is 24.7 Å². The quantitative estimate of drug-likeness (QED) is 0.716. The summed E-state index contributed by atoms with van der Waals surface area (Å²) in [6.07, 6.45) is 7.03. The lowest BCUT2D eigenvalue weighted by molar-refractivity contribution is 0.163. The molecule has 2 heterocycles. The van der Waals surface area contributed by atoms with Crippen LogP contribution in [0.4, 0.5) is 0 Å². The van der Waals surface area contributed by atoms with Crippen LogP contribution in [0.1, 0.15) is 60.0 Å². The maximum absolute atomic E-state index is 6.49. The molecule has 0 amide bonds. The van der Waals surface area contributed by atoms with Gasteiger partial charge >= 0.3 is 0 Å². The van der Waals surface area contributed by atoms with Crippen molar-refractivity contribution in [3.63, 3.8) is 0 Å². The minimum absolute atomic E-state index is 0.177. The van der Waals surface area contributed by atoms with E-state index < -0.39 is 0 Å². The van der Waals surface area contributed by atoms with Gasteiger partial charge in [0.05, 0.1) is 0 Å². The molecule has 30 heavy (non-hydrogen) atoms. The van der Waals surface area contributed by atoms with Crippen LogP contribution in [-0.2, 0) is 22.3 Å². The molecule has 0 radical (unpaired) electrons. The van der Waals surface area contributed by atoms with Crippen molar-refractivity contribution in [3.05, 3.63) is 70.8 Å². The maximum Gasteiger partial charge on any atom is 0.188 e. The Morgan fingerprint density at radius 2 is 1.10 bits per heavy atom. The lowest BCUT2D eigenvalue weighted by Gasteiger charge is -2.31. The Morgan fingerprint density at radius 1 is 0.633 bits per heavy atom. The van der Waals surface area contributed by atoms with E-state index in [0.29, 0.717) is 11.8 Å². The molecule has 5 aliphatic rings. The van der Waals surface area contributed by atoms with Crippen molar-refractivity contribution in [1.82, 2.24) is 0 Å². The summed E-state index contributed by atoms with van der Waals surface area (Å²) < 4.78 is 13.0. The first kappa shape index (κ1) is 17.1. The Kier molecular flexibility index (Phi) is 3.67. The van der Waals surface area contributed by atoms with Gasteiger partial charge in [0.15, 0.2) is 11.8 Å². The Morgan fingerprint density at radius 3 is 1.60 bits per heavy atom. The molecule has 0 aromatic heterocycles. The molecule has 2 aromatic rings. The summed E-state index contributed by atoms with van der Waals surface area (Å²) in [5, 5.41) is 0. The van der Waals surface area contributed by atoms with Crippen molar-refractivity contribution < 1.29 is 9.47 Å². The number of aliphatic imine (C=N–C) groups is 2. The first-order valence-corrected chi connectivity index (χ1v) is 11.5. The molecule has 2 aromatic carbocycles. The number of rotatable bonds is 2. The molecule has 4 heteroatoms. The van der Waals surface area contributed by atoms with Crippen molar-refractivity contribution >= 4 is 11.8 Å². The third-order valence-corrected chi connectivity index (χ3v) is 7.77. The lowest BCUT2D eigenvalue weighted by atomic mass is 9.78. The average molecular weight is 399 g/mol. The van der Waals surface area contributed by atoms with Crippen LogP contribution in [0, 0.1) is 11.8 Å². The van der Waals surface area contributed by atoms with Crippen molar-refractivity contribution in [2.75, 3.05) is 0 Å². The lowest BCUT2D eigenvalue weighted by Crippen LogP contribution is -2.34. The first-order valence-electron chi connectivity index (χ1n) is 11.5. The topological polar surface area (TPSA) is 43.2 Å². The van der Waals surface area contributed by atoms with Gasteiger partial charge in [-0.15, -0.1) is 0 Å². The predicted molar refractivity (Wildman–Crippen MR) is 116 cm³/mol. The van der Waals surface area contributed by atoms with Crippen LogP contribution in [0.2, 0.25) is 0 Å². The largest absolute Gasteiger partial charge is 0.474 e. The third kappa shape index (κ3) is 2.46. The van der Waals surface area contributed by atoms with Gasteiger partial charge in [0.2, 0.25) is 0 Å². The van der Waals surface area contributed by atoms with Crippen LogP contribution in [0.3, 0.4) is 0 Å². The number of fused-ring (bicyclic) bond motifs is 6. The molecule has 152 valence electrons. The Hall–Kier alpha value is -2.62. The molecule has 1 fully saturated rings. The fourth-order valence-corrected chi connectivity index (χ4v) is 6.33. The molecule has 7 rings (SSSR count). The molecule has 0 spiro atoms. The summed E-state index contributed by atoms with van der Waals surface area (Å²) in [4.78, 5) is 10.3. The highest BCUT2D eigenvalue weighted by Gasteiger charge is 2.47. The fraction of sp³-hybridized carbons (Fsp3) is 0.462. The minimum Gasteiger partial charge on any atom is -0.474 e. The third-order valence-electron chi connectivity index (χ3n) is 7.77. The number of hydrogen-bond donors (Lipinski definition) is 0. The molecule has 0 bridgehead atoms. The average Bonchev–Trinajstić information content (AvgIpc) is 3.52. The molecule has 4 nitrogen and oxygen atoms in total. The monoisotopic (exact) mass is 398 g/mol. The van der Waals surface area contributed by atoms with Crippen LogP contribution in [-0.4, -0.2) is 24.0 Å². The van der Waals surface area contributed by atoms with Crippen LogP contribution >= 0.6 is 0 Å². The Balaban J connectivity index is 1.18. The van der Waals surface area contributed by atoms with Gasteiger partial charge in [0.1, 0.15) is 24.3 Å². The fourth-order valence-electron chi connectivity index (χ4n) is 6.33. The molecule has 6 atom stereocenters. The van der Waals surface area contributed by atoms with E-state index in [4.69, 9.17) is 19.5 Å². The Labute approximate surface area is 177 Å². The second kappa shape index (κ2) is 6.44. The first-order chi connectivity index (χ1) is 14.8. The van der Waals surface area contributed by atoms with E-state index in [1.165, 1.54) is 35.1 Å². The van der Waals surface area contributed by atoms with Crippen molar-refractivity contribution in [2.24, 2.45) is 21.8 Å². The number of nitrogens with zero attached hydrogens (tertiary/aromatic N) is 2. The van der Waals surface area contributed by atoms with Crippen LogP contribution in [0.25, 0.3) is 0 Å². The molecular weight excluding hydrogens is 372 g/mol. The van der Waals surface area contributed by atoms with E-state index in [0.717, 1.165) is 37.5 Å². The van der Waals surface area contributed by atoms with E-state index in [-0.39, 0.29) is 24.3 Å². The highest BCUT2D eigenvalue weighted by molar-refractivity contribution is 5.90. The molecule has 0 N–H and O–H groups in total. The molecular formula is C26H26N2O2. The van der Waals surface area contributed by atoms with E-state index >= 15 is 0 Å². The highest BCUT2D eigenvalue weighted by atomic mass is 16.5. The summed E-state index contributed by atoms with van der Waals surface area (Å²) in [6.45, 7) is 0. The van der Waals surface area contributed by atoms with Gasteiger partial charge in [-0.25, -0.2) is 9.98 Å². The molecule has 1 saturated carbocycles. The number of ether oxygens (including phenoxy) is 2. The number of hydrogen-bond acceptors (Lipinski definition) is 4. The van der Waals surface area contributed by atoms with E-state index in [2.05, 4.69) is 48.5 Å². The van der Waals surface area contributed by atoms with Gasteiger partial charge in [-0.3, -0.25) is 0 Å². The summed E-state index contributed by atoms with van der Waals surface area (Å²) in [6, 6.07) is 17.7. The molecule has 2 aliphatic heterocycles. The minimum atomic E-state index is 0.177. The zero-order valence-electron chi connectivity index (χ0n) is 17.0. The predicted octanol–water partition coefficient (Wildman–Crippen LogP) is 4.98. The van der Waals surface area contributed by atoms with Gasteiger partial charge < -0.3 is 9.47 Å². The van der Waals surface area contributed by atoms with Gasteiger partial charge in [-0.05, 0) is 35.1 Å². The summed E-state index contributed by atoms with van der Waals surface area (Å²) in [5.41, 5.74) is 5.49. The molecule has 3 aliphatic carbocycles. The summed E-state index contributed by atoms with van der Waals surface area (Å²) >= 11 is 0. The van der Waals surface area contributed by atoms with E-state index in [9.17, 15) is 0 Å². The van der Waals surface area contributed by atoms with Crippen LogP contribution in [0.5, 0.6) is 0 Å². The van der Waals surface area contributed by atoms with Gasteiger partial charge in [-0.2, -0.15) is 0 Å². The smallest absolute Gasteiger partial charge is 0.188 e. The van der Waals surface area contributed by atoms with E-state index in [1.807, 2.05) is 0 Å². The number of benzene rings is 2. The van der Waals surface area contributed by atoms with E-state index in [1.54, 1.807) is 0 Å². The second-order valence-electron chi connectivity index (χ2n) is 9.44. The van der Waals surface area contributed by atoms with Crippen molar-refractivity contribution in [1.29, 1.82) is 0 Å². The zero-order chi connectivity index (χ0) is 19.7. The van der Waals surface area contributed by atoms with Crippen molar-refractivity contribution in [2.45, 2.75) is 62.8 Å². The SMILES string of the molecule is c1ccc2c(c1)C[C@@H]1OC([C@H]3CCCC[C@H]3C3=N[C@@H]4c5ccccc5C[C@@H]4O3)=N[C@H]21. The van der Waals surface area contributed by atoms with Crippen LogP contribution in [0.15, 0.2) is 58.5 Å². The van der Waals surface area contributed by atoms with Crippen molar-refractivity contribution in [3.8, 4) is 0 Å². The highest BCUT2D eigenvalue weighted by Crippen LogP contribution is 2.46. The second-order valence-corrected chi connectivity index (χ2v) is 9.44. The zero-order valence-corrected chi connectivity index (χ0v) is 17.0. The summed E-state index contributed by atoms with van der Waals surface area (Å²) in [7, 11) is 0. The Bertz CT molecular complexity index is 989. The normalized spacial score (nSPS) is 35.5. The summed E-state index contributed by atoms with van der Waals surface area (Å²) in [5.74, 6) is 2.55. The molecule has 0 saturated heterocycles. The maximum atomic E-state index is 6.49. The van der Waals surface area contributed by atoms with Gasteiger partial charge in [0.25, 0.3) is 0 Å². The van der Waals surface area contributed by atoms with Crippen LogP contribution < -0.4 is 0 Å². The standard InChI is InChI=1S/C26H26N2O2/c1-3-9-17-15(7-1)13-21-23(17)27-25(29-21)19-11-5-6-12-20(19)26-28-24-18-10-4-2-8-16(18)14-22(24)30-26/h1-4,7-10,19-24H,5-6,11-14H2/t19-,20+,21-,22-,23+,24+/m0/s1.